The first-order valence-electron chi connectivity index (χ1n) is 6.70. The van der Waals surface area contributed by atoms with Crippen molar-refractivity contribution in [3.05, 3.63) is 52.3 Å². The van der Waals surface area contributed by atoms with Gasteiger partial charge < -0.3 is 10.5 Å². The number of nitrogens with zero attached hydrogens (tertiary/aromatic N) is 2. The summed E-state index contributed by atoms with van der Waals surface area (Å²) < 4.78 is 8.86. The minimum Gasteiger partial charge on any atom is -0.367 e. The van der Waals surface area contributed by atoms with Gasteiger partial charge in [0.1, 0.15) is 6.10 Å². The molecule has 1 aromatic heterocycles. The van der Waals surface area contributed by atoms with Crippen molar-refractivity contribution in [1.82, 2.24) is 9.78 Å². The molecule has 0 bridgehead atoms. The lowest BCUT2D eigenvalue weighted by Crippen LogP contribution is -2.29. The highest BCUT2D eigenvalue weighted by Crippen LogP contribution is 2.23. The van der Waals surface area contributed by atoms with Crippen molar-refractivity contribution in [2.45, 2.75) is 32.1 Å². The normalized spacial score (nSPS) is 14.2. The number of rotatable bonds is 6. The van der Waals surface area contributed by atoms with Crippen molar-refractivity contribution in [3.8, 4) is 0 Å². The second-order valence-electron chi connectivity index (χ2n) is 4.88. The average Bonchev–Trinajstić information content (AvgIpc) is 2.87. The topological polar surface area (TPSA) is 53.1 Å². The Balaban J connectivity index is 2.06. The first-order chi connectivity index (χ1) is 9.60. The van der Waals surface area contributed by atoms with Crippen LogP contribution in [0.1, 0.15) is 30.6 Å². The van der Waals surface area contributed by atoms with Gasteiger partial charge in [-0.15, -0.1) is 0 Å². The van der Waals surface area contributed by atoms with Crippen molar-refractivity contribution in [3.63, 3.8) is 0 Å². The number of hydrogen-bond acceptors (Lipinski definition) is 3. The molecule has 0 radical (unpaired) electrons. The first kappa shape index (κ1) is 15.2. The summed E-state index contributed by atoms with van der Waals surface area (Å²) in [5, 5.41) is 4.20. The quantitative estimate of drug-likeness (QED) is 0.880. The van der Waals surface area contributed by atoms with Crippen LogP contribution in [0.2, 0.25) is 0 Å². The molecule has 2 unspecified atom stereocenters. The van der Waals surface area contributed by atoms with Crippen LogP contribution in [0, 0.1) is 0 Å². The predicted octanol–water partition coefficient (Wildman–Crippen LogP) is 3.18. The fourth-order valence-corrected chi connectivity index (χ4v) is 2.30. The van der Waals surface area contributed by atoms with Gasteiger partial charge in [0.25, 0.3) is 0 Å². The van der Waals surface area contributed by atoms with E-state index in [9.17, 15) is 0 Å². The van der Waals surface area contributed by atoms with Gasteiger partial charge in [-0.25, -0.2) is 0 Å². The van der Waals surface area contributed by atoms with Crippen LogP contribution in [0.15, 0.2) is 41.1 Å². The van der Waals surface area contributed by atoms with Crippen molar-refractivity contribution >= 4 is 15.9 Å². The largest absolute Gasteiger partial charge is 0.367 e. The van der Waals surface area contributed by atoms with Crippen LogP contribution in [-0.2, 0) is 18.4 Å². The van der Waals surface area contributed by atoms with E-state index in [0.29, 0.717) is 6.61 Å². The molecule has 20 heavy (non-hydrogen) atoms. The van der Waals surface area contributed by atoms with Gasteiger partial charge >= 0.3 is 0 Å². The van der Waals surface area contributed by atoms with Crippen LogP contribution in [0.5, 0.6) is 0 Å². The predicted molar refractivity (Wildman–Crippen MR) is 83.1 cm³/mol. The Hall–Kier alpha value is -1.17. The summed E-state index contributed by atoms with van der Waals surface area (Å²) in [6.45, 7) is 2.61. The second kappa shape index (κ2) is 7.02. The van der Waals surface area contributed by atoms with Gasteiger partial charge in [0.05, 0.1) is 12.8 Å². The van der Waals surface area contributed by atoms with E-state index in [-0.39, 0.29) is 12.1 Å². The van der Waals surface area contributed by atoms with Gasteiger partial charge in [0.15, 0.2) is 0 Å². The second-order valence-corrected chi connectivity index (χ2v) is 5.79. The van der Waals surface area contributed by atoms with E-state index in [0.717, 1.165) is 22.0 Å². The number of aromatic nitrogens is 2. The maximum atomic E-state index is 6.18. The van der Waals surface area contributed by atoms with Gasteiger partial charge in [-0.05, 0) is 24.1 Å². The van der Waals surface area contributed by atoms with Gasteiger partial charge in [0, 0.05) is 29.3 Å². The number of hydrogen-bond donors (Lipinski definition) is 1. The van der Waals surface area contributed by atoms with Gasteiger partial charge in [-0.2, -0.15) is 5.10 Å². The fraction of sp³-hybridized carbons (Fsp3) is 0.400. The lowest BCUT2D eigenvalue weighted by atomic mass is 10.0. The van der Waals surface area contributed by atoms with Gasteiger partial charge in [-0.1, -0.05) is 35.0 Å². The molecule has 2 aromatic rings. The zero-order valence-corrected chi connectivity index (χ0v) is 13.4. The number of aryl methyl sites for hydroxylation is 1. The third kappa shape index (κ3) is 3.91. The zero-order chi connectivity index (χ0) is 14.5. The Bertz CT molecular complexity index is 538. The van der Waals surface area contributed by atoms with Gasteiger partial charge in [0.2, 0.25) is 0 Å². The average molecular weight is 338 g/mol. The SMILES string of the molecule is CCC(N)C(OCc1ccc(Br)cc1)c1cnn(C)c1. The molecule has 2 N–H and O–H groups in total. The van der Waals surface area contributed by atoms with E-state index in [2.05, 4.69) is 28.0 Å². The van der Waals surface area contributed by atoms with E-state index < -0.39 is 0 Å². The highest BCUT2D eigenvalue weighted by atomic mass is 79.9. The standard InChI is InChI=1S/C15H20BrN3O/c1-3-14(17)15(12-8-18-19(2)9-12)20-10-11-4-6-13(16)7-5-11/h4-9,14-15H,3,10,17H2,1-2H3. The number of halogens is 1. The molecular formula is C15H20BrN3O. The molecule has 0 aliphatic heterocycles. The Labute approximate surface area is 128 Å². The van der Waals surface area contributed by atoms with E-state index in [4.69, 9.17) is 10.5 Å². The molecule has 1 heterocycles. The summed E-state index contributed by atoms with van der Waals surface area (Å²) in [6, 6.07) is 8.08. The first-order valence-corrected chi connectivity index (χ1v) is 7.49. The number of nitrogens with two attached hydrogens (primary N) is 1. The van der Waals surface area contributed by atoms with Crippen molar-refractivity contribution in [2.75, 3.05) is 0 Å². The van der Waals surface area contributed by atoms with Crippen LogP contribution in [0.4, 0.5) is 0 Å². The van der Waals surface area contributed by atoms with E-state index in [1.165, 1.54) is 0 Å². The van der Waals surface area contributed by atoms with Gasteiger partial charge in [-0.3, -0.25) is 4.68 Å². The zero-order valence-electron chi connectivity index (χ0n) is 11.8. The monoisotopic (exact) mass is 337 g/mol. The third-order valence-corrected chi connectivity index (χ3v) is 3.79. The molecule has 4 nitrogen and oxygen atoms in total. The van der Waals surface area contributed by atoms with E-state index in [1.807, 2.05) is 43.7 Å². The Morgan fingerprint density at radius 3 is 2.60 bits per heavy atom. The summed E-state index contributed by atoms with van der Waals surface area (Å²) in [4.78, 5) is 0. The van der Waals surface area contributed by atoms with Crippen molar-refractivity contribution in [2.24, 2.45) is 12.8 Å². The molecule has 1 aromatic carbocycles. The summed E-state index contributed by atoms with van der Waals surface area (Å²) in [5.74, 6) is 0. The van der Waals surface area contributed by atoms with E-state index >= 15 is 0 Å². The Kier molecular flexibility index (Phi) is 5.34. The lowest BCUT2D eigenvalue weighted by molar-refractivity contribution is 0.0212. The Morgan fingerprint density at radius 2 is 2.05 bits per heavy atom. The molecule has 0 saturated carbocycles. The molecule has 0 spiro atoms. The third-order valence-electron chi connectivity index (χ3n) is 3.26. The van der Waals surface area contributed by atoms with Crippen molar-refractivity contribution < 1.29 is 4.74 Å². The molecule has 0 aliphatic rings. The highest BCUT2D eigenvalue weighted by Gasteiger charge is 2.20. The minimum atomic E-state index is -0.127. The molecule has 0 fully saturated rings. The van der Waals surface area contributed by atoms with Crippen LogP contribution >= 0.6 is 15.9 Å². The smallest absolute Gasteiger partial charge is 0.101 e. The van der Waals surface area contributed by atoms with Crippen molar-refractivity contribution in [1.29, 1.82) is 0 Å². The van der Waals surface area contributed by atoms with Crippen LogP contribution in [-0.4, -0.2) is 15.8 Å². The lowest BCUT2D eigenvalue weighted by Gasteiger charge is -2.22. The maximum absolute atomic E-state index is 6.18. The minimum absolute atomic E-state index is 0.0327. The maximum Gasteiger partial charge on any atom is 0.101 e. The molecule has 2 rings (SSSR count). The molecule has 0 saturated heterocycles. The Morgan fingerprint density at radius 1 is 1.35 bits per heavy atom. The highest BCUT2D eigenvalue weighted by molar-refractivity contribution is 9.10. The fourth-order valence-electron chi connectivity index (χ4n) is 2.03. The molecular weight excluding hydrogens is 318 g/mol. The molecule has 0 amide bonds. The summed E-state index contributed by atoms with van der Waals surface area (Å²) in [7, 11) is 1.90. The number of benzene rings is 1. The van der Waals surface area contributed by atoms with Crippen LogP contribution in [0.3, 0.4) is 0 Å². The number of ether oxygens (including phenoxy) is 1. The molecule has 2 atom stereocenters. The van der Waals surface area contributed by atoms with E-state index in [1.54, 1.807) is 4.68 Å². The molecule has 0 aliphatic carbocycles. The molecule has 108 valence electrons. The van der Waals surface area contributed by atoms with Crippen LogP contribution in [0.25, 0.3) is 0 Å². The summed E-state index contributed by atoms with van der Waals surface area (Å²) in [6.07, 6.45) is 4.51. The summed E-state index contributed by atoms with van der Waals surface area (Å²) in [5.41, 5.74) is 8.33. The summed E-state index contributed by atoms with van der Waals surface area (Å²) >= 11 is 3.43. The van der Waals surface area contributed by atoms with Crippen LogP contribution < -0.4 is 5.73 Å². The molecule has 5 heteroatoms.